The number of fused-ring (bicyclic) bond motifs is 1. The Bertz CT molecular complexity index is 1210. The van der Waals surface area contributed by atoms with Gasteiger partial charge in [-0.3, -0.25) is 9.59 Å². The van der Waals surface area contributed by atoms with Crippen molar-refractivity contribution in [2.24, 2.45) is 0 Å². The SMILES string of the molecule is CCOC(=O)[C@H](Cc1c[nH]c2ccccc12)NC(=O)[C@H](Cc1ccc(N(CCCl)CCCl)cc1)NC(C)=O. The van der Waals surface area contributed by atoms with Crippen LogP contribution < -0.4 is 15.5 Å². The number of ether oxygens (including phenoxy) is 1. The van der Waals surface area contributed by atoms with Gasteiger partial charge in [0.05, 0.1) is 6.61 Å². The molecule has 3 N–H and O–H groups in total. The Labute approximate surface area is 233 Å². The van der Waals surface area contributed by atoms with Crippen LogP contribution in [0.15, 0.2) is 54.7 Å². The molecule has 0 spiro atoms. The summed E-state index contributed by atoms with van der Waals surface area (Å²) in [6.45, 7) is 4.58. The zero-order chi connectivity index (χ0) is 27.5. The van der Waals surface area contributed by atoms with E-state index in [0.717, 1.165) is 27.7 Å². The molecule has 0 aliphatic carbocycles. The molecule has 0 saturated heterocycles. The minimum Gasteiger partial charge on any atom is -0.464 e. The normalized spacial score (nSPS) is 12.5. The molecule has 3 aromatic rings. The highest BCUT2D eigenvalue weighted by atomic mass is 35.5. The average molecular weight is 562 g/mol. The average Bonchev–Trinajstić information content (AvgIpc) is 3.31. The van der Waals surface area contributed by atoms with Crippen LogP contribution in [-0.2, 0) is 32.0 Å². The van der Waals surface area contributed by atoms with Gasteiger partial charge >= 0.3 is 5.97 Å². The molecule has 0 aliphatic rings. The number of aromatic amines is 1. The number of H-pyrrole nitrogens is 1. The maximum absolute atomic E-state index is 13.4. The molecule has 2 atom stereocenters. The highest BCUT2D eigenvalue weighted by Gasteiger charge is 2.28. The molecule has 0 unspecified atom stereocenters. The van der Waals surface area contributed by atoms with Gasteiger partial charge in [-0.15, -0.1) is 23.2 Å². The number of alkyl halides is 2. The van der Waals surface area contributed by atoms with E-state index in [1.165, 1.54) is 6.92 Å². The predicted molar refractivity (Wildman–Crippen MR) is 152 cm³/mol. The number of benzene rings is 2. The van der Waals surface area contributed by atoms with Crippen molar-refractivity contribution in [2.45, 2.75) is 38.8 Å². The van der Waals surface area contributed by atoms with E-state index in [4.69, 9.17) is 27.9 Å². The van der Waals surface area contributed by atoms with Gasteiger partial charge in [0, 0.05) is 67.4 Å². The molecule has 0 radical (unpaired) electrons. The van der Waals surface area contributed by atoms with E-state index in [1.54, 1.807) is 6.92 Å². The van der Waals surface area contributed by atoms with Crippen molar-refractivity contribution in [3.8, 4) is 0 Å². The number of hydrogen-bond acceptors (Lipinski definition) is 5. The molecule has 10 heteroatoms. The summed E-state index contributed by atoms with van der Waals surface area (Å²) in [6.07, 6.45) is 2.32. The molecule has 0 fully saturated rings. The third kappa shape index (κ3) is 8.13. The van der Waals surface area contributed by atoms with E-state index in [0.29, 0.717) is 24.8 Å². The summed E-state index contributed by atoms with van der Waals surface area (Å²) in [5.41, 5.74) is 3.64. The minimum atomic E-state index is -0.917. The number of nitrogens with zero attached hydrogens (tertiary/aromatic N) is 1. The Kier molecular flexibility index (Phi) is 11.3. The summed E-state index contributed by atoms with van der Waals surface area (Å²) in [5, 5.41) is 6.49. The van der Waals surface area contributed by atoms with Crippen LogP contribution in [0.25, 0.3) is 10.9 Å². The van der Waals surface area contributed by atoms with Crippen LogP contribution in [0.1, 0.15) is 25.0 Å². The van der Waals surface area contributed by atoms with E-state index in [-0.39, 0.29) is 25.4 Å². The van der Waals surface area contributed by atoms with Crippen LogP contribution in [0.4, 0.5) is 5.69 Å². The third-order valence-electron chi connectivity index (χ3n) is 6.13. The Morgan fingerprint density at radius 3 is 2.26 bits per heavy atom. The molecule has 0 aliphatic heterocycles. The zero-order valence-corrected chi connectivity index (χ0v) is 23.1. The number of carbonyl (C=O) groups is 3. The number of nitrogens with one attached hydrogen (secondary N) is 3. The van der Waals surface area contributed by atoms with Gasteiger partial charge < -0.3 is 25.3 Å². The number of halogens is 2. The van der Waals surface area contributed by atoms with Gasteiger partial charge in [-0.1, -0.05) is 30.3 Å². The molecular formula is C28H34Cl2N4O4. The van der Waals surface area contributed by atoms with Gasteiger partial charge in [0.1, 0.15) is 12.1 Å². The lowest BCUT2D eigenvalue weighted by Gasteiger charge is -2.24. The lowest BCUT2D eigenvalue weighted by atomic mass is 10.0. The first-order valence-corrected chi connectivity index (χ1v) is 13.7. The summed E-state index contributed by atoms with van der Waals surface area (Å²) in [6, 6.07) is 13.6. The van der Waals surface area contributed by atoms with Crippen LogP contribution in [0.3, 0.4) is 0 Å². The number of aromatic nitrogens is 1. The quantitative estimate of drug-likeness (QED) is 0.205. The fourth-order valence-corrected chi connectivity index (χ4v) is 4.74. The van der Waals surface area contributed by atoms with Crippen LogP contribution in [0.5, 0.6) is 0 Å². The number of amides is 2. The topological polar surface area (TPSA) is 104 Å². The van der Waals surface area contributed by atoms with Crippen molar-refractivity contribution in [3.63, 3.8) is 0 Å². The largest absolute Gasteiger partial charge is 0.464 e. The number of carbonyl (C=O) groups excluding carboxylic acids is 3. The zero-order valence-electron chi connectivity index (χ0n) is 21.6. The van der Waals surface area contributed by atoms with E-state index < -0.39 is 24.0 Å². The Hall–Kier alpha value is -3.23. The molecule has 38 heavy (non-hydrogen) atoms. The van der Waals surface area contributed by atoms with Crippen molar-refractivity contribution in [2.75, 3.05) is 36.4 Å². The highest BCUT2D eigenvalue weighted by Crippen LogP contribution is 2.20. The molecule has 2 amide bonds. The maximum Gasteiger partial charge on any atom is 0.328 e. The van der Waals surface area contributed by atoms with Crippen LogP contribution in [0.2, 0.25) is 0 Å². The number of para-hydroxylation sites is 1. The summed E-state index contributed by atoms with van der Waals surface area (Å²) >= 11 is 11.8. The van der Waals surface area contributed by atoms with Crippen LogP contribution in [0, 0.1) is 0 Å². The number of hydrogen-bond donors (Lipinski definition) is 3. The van der Waals surface area contributed by atoms with Gasteiger partial charge in [-0.2, -0.15) is 0 Å². The Morgan fingerprint density at radius 1 is 0.947 bits per heavy atom. The molecule has 3 rings (SSSR count). The lowest BCUT2D eigenvalue weighted by molar-refractivity contribution is -0.147. The number of anilines is 1. The number of rotatable bonds is 14. The van der Waals surface area contributed by atoms with E-state index in [2.05, 4.69) is 20.5 Å². The van der Waals surface area contributed by atoms with Gasteiger partial charge in [0.15, 0.2) is 0 Å². The molecule has 0 bridgehead atoms. The fraction of sp³-hybridized carbons (Fsp3) is 0.393. The molecular weight excluding hydrogens is 527 g/mol. The Morgan fingerprint density at radius 2 is 1.63 bits per heavy atom. The smallest absolute Gasteiger partial charge is 0.328 e. The van der Waals surface area contributed by atoms with Gasteiger partial charge in [0.2, 0.25) is 11.8 Å². The molecule has 1 heterocycles. The van der Waals surface area contributed by atoms with Gasteiger partial charge in [-0.05, 0) is 36.2 Å². The van der Waals surface area contributed by atoms with Crippen molar-refractivity contribution < 1.29 is 19.1 Å². The number of esters is 1. The minimum absolute atomic E-state index is 0.186. The molecule has 0 saturated carbocycles. The lowest BCUT2D eigenvalue weighted by Crippen LogP contribution is -2.53. The van der Waals surface area contributed by atoms with E-state index >= 15 is 0 Å². The first-order chi connectivity index (χ1) is 18.4. The molecule has 204 valence electrons. The second-order valence-electron chi connectivity index (χ2n) is 8.87. The van der Waals surface area contributed by atoms with Gasteiger partial charge in [-0.25, -0.2) is 4.79 Å². The van der Waals surface area contributed by atoms with Crippen LogP contribution in [-0.4, -0.2) is 66.3 Å². The van der Waals surface area contributed by atoms with Crippen LogP contribution >= 0.6 is 23.2 Å². The highest BCUT2D eigenvalue weighted by molar-refractivity contribution is 6.18. The van der Waals surface area contributed by atoms with Crippen molar-refractivity contribution in [1.82, 2.24) is 15.6 Å². The predicted octanol–water partition coefficient (Wildman–Crippen LogP) is 3.79. The second kappa shape index (κ2) is 14.6. The Balaban J connectivity index is 1.77. The van der Waals surface area contributed by atoms with Crippen molar-refractivity contribution in [3.05, 3.63) is 65.9 Å². The van der Waals surface area contributed by atoms with E-state index in [1.807, 2.05) is 54.7 Å². The summed E-state index contributed by atoms with van der Waals surface area (Å²) in [4.78, 5) is 43.4. The summed E-state index contributed by atoms with van der Waals surface area (Å²) in [7, 11) is 0. The summed E-state index contributed by atoms with van der Waals surface area (Å²) in [5.74, 6) is -0.391. The van der Waals surface area contributed by atoms with Gasteiger partial charge in [0.25, 0.3) is 0 Å². The van der Waals surface area contributed by atoms with E-state index in [9.17, 15) is 14.4 Å². The fourth-order valence-electron chi connectivity index (χ4n) is 4.34. The first kappa shape index (κ1) is 29.3. The standard InChI is InChI=1S/C28H34Cl2N4O4/c1-3-38-28(37)26(17-21-18-31-24-7-5-4-6-23(21)24)33-27(36)25(32-19(2)35)16-20-8-10-22(11-9-20)34(14-12-29)15-13-30/h4-11,18,25-26,31H,3,12-17H2,1-2H3,(H,32,35)(H,33,36)/t25-,26-/m0/s1. The second-order valence-corrected chi connectivity index (χ2v) is 9.62. The monoisotopic (exact) mass is 560 g/mol. The van der Waals surface area contributed by atoms with Crippen molar-refractivity contribution in [1.29, 1.82) is 0 Å². The molecule has 8 nitrogen and oxygen atoms in total. The first-order valence-electron chi connectivity index (χ1n) is 12.6. The molecule has 1 aromatic heterocycles. The van der Waals surface area contributed by atoms with Crippen molar-refractivity contribution >= 4 is 57.6 Å². The molecule has 2 aromatic carbocycles. The third-order valence-corrected chi connectivity index (χ3v) is 6.47. The maximum atomic E-state index is 13.4. The summed E-state index contributed by atoms with van der Waals surface area (Å²) < 4.78 is 5.25.